The van der Waals surface area contributed by atoms with E-state index in [1.807, 2.05) is 78.5 Å². The van der Waals surface area contributed by atoms with Crippen molar-refractivity contribution in [1.29, 1.82) is 0 Å². The summed E-state index contributed by atoms with van der Waals surface area (Å²) in [5.41, 5.74) is 4.41. The number of carbonyl (C=O) groups excluding carboxylic acids is 1. The van der Waals surface area contributed by atoms with Gasteiger partial charge in [0.05, 0.1) is 5.56 Å². The summed E-state index contributed by atoms with van der Waals surface area (Å²) in [6, 6.07) is 34.0. The van der Waals surface area contributed by atoms with Crippen molar-refractivity contribution in [3.05, 3.63) is 109 Å². The van der Waals surface area contributed by atoms with E-state index in [1.165, 1.54) is 56.3 Å². The van der Waals surface area contributed by atoms with Crippen molar-refractivity contribution < 1.29 is 9.53 Å². The number of hydrogen-bond acceptors (Lipinski definition) is 3. The van der Waals surface area contributed by atoms with Crippen LogP contribution in [0.1, 0.15) is 68.6 Å². The normalized spacial score (nSPS) is 10.9. The van der Waals surface area contributed by atoms with Gasteiger partial charge in [-0.1, -0.05) is 131 Å². The zero-order chi connectivity index (χ0) is 26.4. The summed E-state index contributed by atoms with van der Waals surface area (Å²) >= 11 is 1.92. The van der Waals surface area contributed by atoms with Gasteiger partial charge >= 0.3 is 5.97 Å². The number of thioether (sulfide) groups is 1. The molecule has 3 heteroatoms. The van der Waals surface area contributed by atoms with E-state index in [9.17, 15) is 4.79 Å². The van der Waals surface area contributed by atoms with Crippen LogP contribution in [0.3, 0.4) is 0 Å². The maximum Gasteiger partial charge on any atom is 0.343 e. The van der Waals surface area contributed by atoms with Crippen LogP contribution in [-0.4, -0.2) is 11.7 Å². The van der Waals surface area contributed by atoms with E-state index in [0.717, 1.165) is 28.0 Å². The molecule has 0 saturated heterocycles. The molecule has 0 bridgehead atoms. The van der Waals surface area contributed by atoms with Crippen LogP contribution in [0.2, 0.25) is 0 Å². The Morgan fingerprint density at radius 2 is 1.16 bits per heavy atom. The average Bonchev–Trinajstić information content (AvgIpc) is 2.97. The van der Waals surface area contributed by atoms with Crippen LogP contribution in [0.5, 0.6) is 5.75 Å². The third-order valence-corrected chi connectivity index (χ3v) is 7.83. The predicted molar refractivity (Wildman–Crippen MR) is 162 cm³/mol. The molecule has 0 unspecified atom stereocenters. The highest BCUT2D eigenvalue weighted by Crippen LogP contribution is 2.40. The van der Waals surface area contributed by atoms with Gasteiger partial charge in [0.2, 0.25) is 0 Å². The Morgan fingerprint density at radius 1 is 0.605 bits per heavy atom. The topological polar surface area (TPSA) is 26.3 Å². The van der Waals surface area contributed by atoms with E-state index >= 15 is 0 Å². The van der Waals surface area contributed by atoms with E-state index in [0.29, 0.717) is 11.3 Å². The molecular formula is C35H38O2S. The second-order valence-electron chi connectivity index (χ2n) is 9.65. The molecule has 0 saturated carbocycles. The highest BCUT2D eigenvalue weighted by molar-refractivity contribution is 7.99. The fourth-order valence-corrected chi connectivity index (χ4v) is 5.51. The molecule has 4 aromatic rings. The molecule has 0 spiro atoms. The molecule has 0 amide bonds. The van der Waals surface area contributed by atoms with Crippen molar-refractivity contribution in [2.45, 2.75) is 63.2 Å². The van der Waals surface area contributed by atoms with E-state index < -0.39 is 0 Å². The minimum absolute atomic E-state index is 0.354. The van der Waals surface area contributed by atoms with Gasteiger partial charge in [-0.3, -0.25) is 0 Å². The van der Waals surface area contributed by atoms with Gasteiger partial charge in [0.25, 0.3) is 0 Å². The Hall–Kier alpha value is -3.30. The molecule has 0 radical (unpaired) electrons. The minimum atomic E-state index is -0.354. The van der Waals surface area contributed by atoms with E-state index in [2.05, 4.69) is 31.2 Å². The van der Waals surface area contributed by atoms with Crippen LogP contribution in [-0.2, 0) is 0 Å². The van der Waals surface area contributed by atoms with Gasteiger partial charge in [-0.2, -0.15) is 0 Å². The van der Waals surface area contributed by atoms with Crippen molar-refractivity contribution >= 4 is 17.7 Å². The zero-order valence-electron chi connectivity index (χ0n) is 22.4. The van der Waals surface area contributed by atoms with Crippen LogP contribution >= 0.6 is 11.8 Å². The lowest BCUT2D eigenvalue weighted by atomic mass is 9.97. The molecule has 196 valence electrons. The number of hydrogen-bond donors (Lipinski definition) is 0. The van der Waals surface area contributed by atoms with E-state index in [-0.39, 0.29) is 5.97 Å². The smallest absolute Gasteiger partial charge is 0.343 e. The van der Waals surface area contributed by atoms with Gasteiger partial charge in [0.1, 0.15) is 5.75 Å². The van der Waals surface area contributed by atoms with Crippen molar-refractivity contribution in [2.75, 3.05) is 5.75 Å². The van der Waals surface area contributed by atoms with Gasteiger partial charge in [0.15, 0.2) is 0 Å². The van der Waals surface area contributed by atoms with Crippen molar-refractivity contribution in [2.24, 2.45) is 0 Å². The first-order valence-corrected chi connectivity index (χ1v) is 14.9. The number of para-hydroxylation sites is 1. The van der Waals surface area contributed by atoms with Gasteiger partial charge in [-0.25, -0.2) is 4.79 Å². The molecule has 0 aliphatic heterocycles. The van der Waals surface area contributed by atoms with Crippen LogP contribution in [0.15, 0.2) is 108 Å². The molecule has 2 nitrogen and oxygen atoms in total. The summed E-state index contributed by atoms with van der Waals surface area (Å²) in [6.45, 7) is 2.27. The third-order valence-electron chi connectivity index (χ3n) is 6.74. The summed E-state index contributed by atoms with van der Waals surface area (Å²) in [6.07, 6.45) is 10.8. The standard InChI is InChI=1S/C35H38O2S/c1-2-3-4-5-6-7-8-15-27-38-31-25-23-29(24-26-31)33-22-16-21-32(28-17-11-9-12-18-28)34(33)37-35(36)30-19-13-10-14-20-30/h9-14,16-26H,2-8,15,27H2,1H3. The first kappa shape index (κ1) is 27.7. The van der Waals surface area contributed by atoms with Crippen LogP contribution in [0, 0.1) is 0 Å². The summed E-state index contributed by atoms with van der Waals surface area (Å²) in [5.74, 6) is 1.39. The average molecular weight is 523 g/mol. The highest BCUT2D eigenvalue weighted by atomic mass is 32.2. The fourth-order valence-electron chi connectivity index (χ4n) is 4.60. The summed E-state index contributed by atoms with van der Waals surface area (Å²) in [4.78, 5) is 14.3. The number of esters is 1. The Kier molecular flexibility index (Phi) is 11.1. The molecule has 0 N–H and O–H groups in total. The molecule has 0 aliphatic carbocycles. The number of rotatable bonds is 14. The lowest BCUT2D eigenvalue weighted by Gasteiger charge is -2.16. The Balaban J connectivity index is 1.45. The van der Waals surface area contributed by atoms with Gasteiger partial charge in [-0.15, -0.1) is 11.8 Å². The Labute approximate surface area is 232 Å². The Morgan fingerprint density at radius 3 is 1.79 bits per heavy atom. The first-order chi connectivity index (χ1) is 18.8. The third kappa shape index (κ3) is 8.10. The largest absolute Gasteiger partial charge is 0.422 e. The van der Waals surface area contributed by atoms with Gasteiger partial charge < -0.3 is 4.74 Å². The predicted octanol–water partition coefficient (Wildman–Crippen LogP) is 10.5. The zero-order valence-corrected chi connectivity index (χ0v) is 23.2. The Bertz CT molecular complexity index is 1250. The van der Waals surface area contributed by atoms with Gasteiger partial charge in [0, 0.05) is 16.0 Å². The van der Waals surface area contributed by atoms with Crippen molar-refractivity contribution in [3.63, 3.8) is 0 Å². The first-order valence-electron chi connectivity index (χ1n) is 13.9. The molecule has 0 aromatic heterocycles. The van der Waals surface area contributed by atoms with Crippen LogP contribution in [0.4, 0.5) is 0 Å². The molecule has 0 heterocycles. The molecule has 0 fully saturated rings. The molecule has 0 atom stereocenters. The lowest BCUT2D eigenvalue weighted by molar-refractivity contribution is 0.0736. The second kappa shape index (κ2) is 15.2. The monoisotopic (exact) mass is 522 g/mol. The SMILES string of the molecule is CCCCCCCCCCSc1ccc(-c2cccc(-c3ccccc3)c2OC(=O)c2ccccc2)cc1. The maximum absolute atomic E-state index is 13.1. The highest BCUT2D eigenvalue weighted by Gasteiger charge is 2.18. The van der Waals surface area contributed by atoms with Crippen molar-refractivity contribution in [3.8, 4) is 28.0 Å². The molecule has 0 aliphatic rings. The van der Waals surface area contributed by atoms with Crippen molar-refractivity contribution in [1.82, 2.24) is 0 Å². The number of ether oxygens (including phenoxy) is 1. The number of unbranched alkanes of at least 4 members (excludes halogenated alkanes) is 7. The fraction of sp³-hybridized carbons (Fsp3) is 0.286. The van der Waals surface area contributed by atoms with E-state index in [1.54, 1.807) is 12.1 Å². The second-order valence-corrected chi connectivity index (χ2v) is 10.8. The summed E-state index contributed by atoms with van der Waals surface area (Å²) < 4.78 is 6.09. The van der Waals surface area contributed by atoms with Gasteiger partial charge in [-0.05, 0) is 47.6 Å². The minimum Gasteiger partial charge on any atom is -0.422 e. The number of carbonyl (C=O) groups is 1. The summed E-state index contributed by atoms with van der Waals surface area (Å²) in [5, 5.41) is 0. The maximum atomic E-state index is 13.1. The quantitative estimate of drug-likeness (QED) is 0.0713. The number of benzene rings is 4. The lowest BCUT2D eigenvalue weighted by Crippen LogP contribution is -2.10. The van der Waals surface area contributed by atoms with Crippen LogP contribution < -0.4 is 4.74 Å². The molecular weight excluding hydrogens is 484 g/mol. The molecule has 4 rings (SSSR count). The van der Waals surface area contributed by atoms with E-state index in [4.69, 9.17) is 4.74 Å². The summed E-state index contributed by atoms with van der Waals surface area (Å²) in [7, 11) is 0. The molecule has 38 heavy (non-hydrogen) atoms. The van der Waals surface area contributed by atoms with Crippen LogP contribution in [0.25, 0.3) is 22.3 Å². The molecule has 4 aromatic carbocycles.